The Balaban J connectivity index is 1.80. The summed E-state index contributed by atoms with van der Waals surface area (Å²) in [5.41, 5.74) is 0. The molecule has 0 aliphatic carbocycles. The van der Waals surface area contributed by atoms with Crippen molar-refractivity contribution in [3.05, 3.63) is 18.7 Å². The minimum absolute atomic E-state index is 0.0383. The Kier molecular flexibility index (Phi) is 3.11. The van der Waals surface area contributed by atoms with Gasteiger partial charge in [0.15, 0.2) is 12.4 Å². The Hall–Kier alpha value is -1.65. The van der Waals surface area contributed by atoms with Gasteiger partial charge in [0.25, 0.3) is 5.91 Å². The zero-order valence-electron chi connectivity index (χ0n) is 8.43. The third-order valence-electron chi connectivity index (χ3n) is 2.36. The molecule has 2 heterocycles. The summed E-state index contributed by atoms with van der Waals surface area (Å²) in [5, 5.41) is 0. The molecule has 80 valence electrons. The monoisotopic (exact) mass is 207 g/mol. The molecule has 1 aromatic rings. The number of rotatable bonds is 3. The number of amides is 1. The molecule has 1 amide bonds. The molecule has 0 aromatic carbocycles. The molecule has 1 saturated heterocycles. The second-order valence-corrected chi connectivity index (χ2v) is 3.45. The summed E-state index contributed by atoms with van der Waals surface area (Å²) in [5.74, 6) is 0.571. The van der Waals surface area contributed by atoms with E-state index in [0.717, 1.165) is 25.9 Å². The second-order valence-electron chi connectivity index (χ2n) is 3.45. The average molecular weight is 207 g/mol. The molecule has 0 saturated carbocycles. The first-order valence-corrected chi connectivity index (χ1v) is 5.02. The highest BCUT2D eigenvalue weighted by atomic mass is 16.5. The predicted octanol–water partition coefficient (Wildman–Crippen LogP) is 0.478. The standard InChI is InChI=1S/C10H13N3O2/c14-10(13-3-1-2-4-13)7-15-9-5-11-8-12-6-9/h5-6,8H,1-4,7H2. The first kappa shape index (κ1) is 9.89. The van der Waals surface area contributed by atoms with E-state index in [1.165, 1.54) is 6.33 Å². The van der Waals surface area contributed by atoms with Crippen LogP contribution in [0.2, 0.25) is 0 Å². The van der Waals surface area contributed by atoms with E-state index in [1.54, 1.807) is 12.4 Å². The fourth-order valence-corrected chi connectivity index (χ4v) is 1.56. The molecule has 0 radical (unpaired) electrons. The van der Waals surface area contributed by atoms with E-state index >= 15 is 0 Å². The molecular weight excluding hydrogens is 194 g/mol. The fourth-order valence-electron chi connectivity index (χ4n) is 1.56. The van der Waals surface area contributed by atoms with Gasteiger partial charge in [0.1, 0.15) is 6.33 Å². The molecule has 15 heavy (non-hydrogen) atoms. The Morgan fingerprint density at radius 2 is 2.00 bits per heavy atom. The summed E-state index contributed by atoms with van der Waals surface area (Å²) in [7, 11) is 0. The number of carbonyl (C=O) groups is 1. The van der Waals surface area contributed by atoms with Gasteiger partial charge in [-0.1, -0.05) is 0 Å². The second kappa shape index (κ2) is 4.72. The van der Waals surface area contributed by atoms with E-state index in [4.69, 9.17) is 4.74 Å². The van der Waals surface area contributed by atoms with Crippen molar-refractivity contribution in [1.82, 2.24) is 14.9 Å². The number of hydrogen-bond donors (Lipinski definition) is 0. The molecule has 5 nitrogen and oxygen atoms in total. The van der Waals surface area contributed by atoms with Crippen LogP contribution in [0.1, 0.15) is 12.8 Å². The van der Waals surface area contributed by atoms with Crippen LogP contribution < -0.4 is 4.74 Å². The molecule has 1 fully saturated rings. The molecule has 1 aliphatic heterocycles. The maximum absolute atomic E-state index is 11.6. The van der Waals surface area contributed by atoms with Gasteiger partial charge >= 0.3 is 0 Å². The fraction of sp³-hybridized carbons (Fsp3) is 0.500. The Labute approximate surface area is 88.1 Å². The molecular formula is C10H13N3O2. The highest BCUT2D eigenvalue weighted by Gasteiger charge is 2.17. The maximum Gasteiger partial charge on any atom is 0.260 e. The van der Waals surface area contributed by atoms with Gasteiger partial charge in [-0.3, -0.25) is 4.79 Å². The summed E-state index contributed by atoms with van der Waals surface area (Å²) in [6.07, 6.45) is 6.71. The van der Waals surface area contributed by atoms with Crippen LogP contribution in [0.15, 0.2) is 18.7 Å². The van der Waals surface area contributed by atoms with Crippen molar-refractivity contribution in [3.8, 4) is 5.75 Å². The van der Waals surface area contributed by atoms with Gasteiger partial charge < -0.3 is 9.64 Å². The molecule has 2 rings (SSSR count). The normalized spacial score (nSPS) is 15.3. The molecule has 0 bridgehead atoms. The average Bonchev–Trinajstić information content (AvgIpc) is 2.81. The summed E-state index contributed by atoms with van der Waals surface area (Å²) >= 11 is 0. The predicted molar refractivity (Wildman–Crippen MR) is 53.3 cm³/mol. The Bertz CT molecular complexity index is 323. The third kappa shape index (κ3) is 2.65. The molecule has 0 N–H and O–H groups in total. The number of hydrogen-bond acceptors (Lipinski definition) is 4. The van der Waals surface area contributed by atoms with Gasteiger partial charge in [-0.25, -0.2) is 9.97 Å². The highest BCUT2D eigenvalue weighted by molar-refractivity contribution is 5.77. The molecule has 0 unspecified atom stereocenters. The highest BCUT2D eigenvalue weighted by Crippen LogP contribution is 2.09. The van der Waals surface area contributed by atoms with Crippen LogP contribution in [0.25, 0.3) is 0 Å². The lowest BCUT2D eigenvalue weighted by Crippen LogP contribution is -2.32. The van der Waals surface area contributed by atoms with Crippen molar-refractivity contribution in [3.63, 3.8) is 0 Å². The van der Waals surface area contributed by atoms with Crippen molar-refractivity contribution in [2.75, 3.05) is 19.7 Å². The summed E-state index contributed by atoms with van der Waals surface area (Å²) in [4.78, 5) is 21.0. The van der Waals surface area contributed by atoms with E-state index in [0.29, 0.717) is 5.75 Å². The van der Waals surface area contributed by atoms with Crippen LogP contribution >= 0.6 is 0 Å². The number of nitrogens with zero attached hydrogens (tertiary/aromatic N) is 3. The largest absolute Gasteiger partial charge is 0.481 e. The summed E-state index contributed by atoms with van der Waals surface area (Å²) in [6.45, 7) is 1.79. The zero-order chi connectivity index (χ0) is 10.5. The minimum atomic E-state index is 0.0383. The topological polar surface area (TPSA) is 55.3 Å². The Morgan fingerprint density at radius 3 is 2.67 bits per heavy atom. The minimum Gasteiger partial charge on any atom is -0.481 e. The van der Waals surface area contributed by atoms with Gasteiger partial charge in [0, 0.05) is 13.1 Å². The SMILES string of the molecule is O=C(COc1cncnc1)N1CCCC1. The summed E-state index contributed by atoms with van der Waals surface area (Å²) < 4.78 is 5.26. The first-order chi connectivity index (χ1) is 7.36. The van der Waals surface area contributed by atoms with Gasteiger partial charge in [0.05, 0.1) is 12.4 Å². The maximum atomic E-state index is 11.6. The van der Waals surface area contributed by atoms with Crippen LogP contribution in [0.3, 0.4) is 0 Å². The van der Waals surface area contributed by atoms with Crippen molar-refractivity contribution in [2.24, 2.45) is 0 Å². The van der Waals surface area contributed by atoms with Crippen molar-refractivity contribution < 1.29 is 9.53 Å². The lowest BCUT2D eigenvalue weighted by Gasteiger charge is -2.15. The van der Waals surface area contributed by atoms with Gasteiger partial charge in [-0.05, 0) is 12.8 Å². The van der Waals surface area contributed by atoms with Gasteiger partial charge in [-0.15, -0.1) is 0 Å². The van der Waals surface area contributed by atoms with Crippen molar-refractivity contribution in [1.29, 1.82) is 0 Å². The number of carbonyl (C=O) groups excluding carboxylic acids is 1. The molecule has 1 aromatic heterocycles. The van der Waals surface area contributed by atoms with E-state index in [1.807, 2.05) is 4.90 Å². The van der Waals surface area contributed by atoms with E-state index in [-0.39, 0.29) is 12.5 Å². The lowest BCUT2D eigenvalue weighted by atomic mass is 10.4. The third-order valence-corrected chi connectivity index (χ3v) is 2.36. The van der Waals surface area contributed by atoms with E-state index in [9.17, 15) is 4.79 Å². The van der Waals surface area contributed by atoms with Gasteiger partial charge in [0.2, 0.25) is 0 Å². The number of aromatic nitrogens is 2. The lowest BCUT2D eigenvalue weighted by molar-refractivity contribution is -0.132. The van der Waals surface area contributed by atoms with E-state index in [2.05, 4.69) is 9.97 Å². The molecule has 1 aliphatic rings. The number of likely N-dealkylation sites (tertiary alicyclic amines) is 1. The van der Waals surface area contributed by atoms with Gasteiger partial charge in [-0.2, -0.15) is 0 Å². The quantitative estimate of drug-likeness (QED) is 0.723. The molecule has 0 spiro atoms. The van der Waals surface area contributed by atoms with Crippen LogP contribution in [0.5, 0.6) is 5.75 Å². The van der Waals surface area contributed by atoms with Crippen molar-refractivity contribution >= 4 is 5.91 Å². The van der Waals surface area contributed by atoms with Crippen LogP contribution in [-0.2, 0) is 4.79 Å². The zero-order valence-corrected chi connectivity index (χ0v) is 8.43. The molecule has 0 atom stereocenters. The summed E-state index contributed by atoms with van der Waals surface area (Å²) in [6, 6.07) is 0. The van der Waals surface area contributed by atoms with Crippen molar-refractivity contribution in [2.45, 2.75) is 12.8 Å². The van der Waals surface area contributed by atoms with Crippen LogP contribution in [-0.4, -0.2) is 40.5 Å². The smallest absolute Gasteiger partial charge is 0.260 e. The van der Waals surface area contributed by atoms with Crippen LogP contribution in [0, 0.1) is 0 Å². The molecule has 5 heteroatoms. The van der Waals surface area contributed by atoms with E-state index < -0.39 is 0 Å². The first-order valence-electron chi connectivity index (χ1n) is 5.02. The number of ether oxygens (including phenoxy) is 1. The van der Waals surface area contributed by atoms with Crippen LogP contribution in [0.4, 0.5) is 0 Å². The Morgan fingerprint density at radius 1 is 1.33 bits per heavy atom.